The lowest BCUT2D eigenvalue weighted by atomic mass is 9.69. The molecule has 0 heterocycles. The fourth-order valence-electron chi connectivity index (χ4n) is 7.52. The van der Waals surface area contributed by atoms with Crippen LogP contribution in [0.15, 0.2) is 84.9 Å². The van der Waals surface area contributed by atoms with Crippen LogP contribution in [0, 0.1) is 23.2 Å². The van der Waals surface area contributed by atoms with Gasteiger partial charge in [0.1, 0.15) is 11.8 Å². The Morgan fingerprint density at radius 3 is 1.65 bits per heavy atom. The van der Waals surface area contributed by atoms with Gasteiger partial charge in [0.15, 0.2) is 0 Å². The average Bonchev–Trinajstić information content (AvgIpc) is 3.18. The first-order chi connectivity index (χ1) is 28.9. The first-order valence-corrected chi connectivity index (χ1v) is 23.4. The first kappa shape index (κ1) is 58.7. The van der Waals surface area contributed by atoms with E-state index in [1.165, 1.54) is 22.3 Å². The molecule has 63 heavy (non-hydrogen) atoms. The maximum atomic E-state index is 12.0. The van der Waals surface area contributed by atoms with E-state index in [0.717, 1.165) is 44.9 Å². The molecule has 4 rings (SSSR count). The fourth-order valence-corrected chi connectivity index (χ4v) is 7.52. The number of carboxylic acids is 1. The smallest absolute Gasteiger partial charge is 0.326 e. The van der Waals surface area contributed by atoms with Crippen molar-refractivity contribution >= 4 is 23.6 Å². The van der Waals surface area contributed by atoms with Gasteiger partial charge in [-0.05, 0) is 103 Å². The Balaban J connectivity index is 0.000000962. The molecule has 1 aliphatic carbocycles. The largest absolute Gasteiger partial charge is 0.480 e. The van der Waals surface area contributed by atoms with Gasteiger partial charge in [0.2, 0.25) is 11.8 Å². The number of hydrogen-bond donors (Lipinski definition) is 3. The summed E-state index contributed by atoms with van der Waals surface area (Å²) in [6.45, 7) is 27.3. The summed E-state index contributed by atoms with van der Waals surface area (Å²) in [5.74, 6) is -0.842. The summed E-state index contributed by atoms with van der Waals surface area (Å²) in [5, 5.41) is 15.1. The fraction of sp³-hybridized carbons (Fsp3) is 0.607. The number of hydrogen-bond acceptors (Lipinski definition) is 4. The van der Waals surface area contributed by atoms with Crippen molar-refractivity contribution in [2.45, 2.75) is 205 Å². The minimum absolute atomic E-state index is 0. The number of amides is 2. The zero-order valence-corrected chi connectivity index (χ0v) is 41.2. The summed E-state index contributed by atoms with van der Waals surface area (Å²) < 4.78 is 0. The van der Waals surface area contributed by atoms with Gasteiger partial charge in [-0.2, -0.15) is 0 Å². The lowest BCUT2D eigenvalue weighted by Crippen LogP contribution is -2.42. The van der Waals surface area contributed by atoms with E-state index in [1.54, 1.807) is 0 Å². The predicted octanol–water partition coefficient (Wildman–Crippen LogP) is 13.8. The molecule has 0 aromatic heterocycles. The molecule has 0 bridgehead atoms. The molecule has 0 radical (unpaired) electrons. The number of carbonyl (C=O) groups excluding carboxylic acids is 3. The van der Waals surface area contributed by atoms with Crippen molar-refractivity contribution in [3.8, 4) is 0 Å². The molecule has 7 nitrogen and oxygen atoms in total. The third-order valence-corrected chi connectivity index (χ3v) is 10.8. The summed E-state index contributed by atoms with van der Waals surface area (Å²) in [6, 6.07) is 29.2. The number of carbonyl (C=O) groups is 4. The minimum Gasteiger partial charge on any atom is -0.480 e. The minimum atomic E-state index is -1.02. The van der Waals surface area contributed by atoms with Gasteiger partial charge in [0.25, 0.3) is 0 Å². The summed E-state index contributed by atoms with van der Waals surface area (Å²) >= 11 is 0. The van der Waals surface area contributed by atoms with Crippen LogP contribution in [0.4, 0.5) is 0 Å². The van der Waals surface area contributed by atoms with Crippen LogP contribution >= 0.6 is 0 Å². The van der Waals surface area contributed by atoms with Crippen LogP contribution in [0.5, 0.6) is 0 Å². The molecule has 1 aliphatic rings. The highest BCUT2D eigenvalue weighted by Crippen LogP contribution is 2.39. The molecule has 3 aromatic rings. The molecule has 1 fully saturated rings. The number of carboxylic acid groups (broad SMARTS) is 1. The van der Waals surface area contributed by atoms with E-state index in [1.807, 2.05) is 34.6 Å². The molecular weight excluding hydrogens is 781 g/mol. The van der Waals surface area contributed by atoms with Gasteiger partial charge in [0.05, 0.1) is 0 Å². The summed E-state index contributed by atoms with van der Waals surface area (Å²) in [5.41, 5.74) is 5.90. The number of aryl methyl sites for hydroxylation is 2. The highest BCUT2D eigenvalue weighted by molar-refractivity contribution is 5.83. The van der Waals surface area contributed by atoms with E-state index >= 15 is 0 Å². The Bertz CT molecular complexity index is 1710. The van der Waals surface area contributed by atoms with Crippen molar-refractivity contribution in [2.75, 3.05) is 0 Å². The van der Waals surface area contributed by atoms with Crippen molar-refractivity contribution in [3.63, 3.8) is 0 Å². The van der Waals surface area contributed by atoms with E-state index in [9.17, 15) is 24.3 Å². The Hall–Kier alpha value is -4.26. The molecular formula is C56H90N2O5. The van der Waals surface area contributed by atoms with E-state index in [4.69, 9.17) is 0 Å². The van der Waals surface area contributed by atoms with E-state index in [2.05, 4.69) is 151 Å². The molecule has 1 saturated carbocycles. The Morgan fingerprint density at radius 1 is 0.667 bits per heavy atom. The molecule has 0 saturated heterocycles. The monoisotopic (exact) mass is 871 g/mol. The molecule has 1 atom stereocenters. The predicted molar refractivity (Wildman–Crippen MR) is 267 cm³/mol. The van der Waals surface area contributed by atoms with Gasteiger partial charge in [-0.25, -0.2) is 4.79 Å². The average molecular weight is 871 g/mol. The lowest BCUT2D eigenvalue weighted by Gasteiger charge is -2.38. The van der Waals surface area contributed by atoms with Crippen LogP contribution in [0.1, 0.15) is 190 Å². The molecule has 3 N–H and O–H groups in total. The topological polar surface area (TPSA) is 113 Å². The Kier molecular flexibility index (Phi) is 27.3. The summed E-state index contributed by atoms with van der Waals surface area (Å²) in [4.78, 5) is 47.3. The number of Topliss-reactive ketones (excluding diaryl/α,β-unsaturated/α-hetero) is 1. The third kappa shape index (κ3) is 28.2. The van der Waals surface area contributed by atoms with Crippen LogP contribution in [-0.4, -0.2) is 40.8 Å². The number of benzene rings is 3. The second-order valence-corrected chi connectivity index (χ2v) is 21.0. The van der Waals surface area contributed by atoms with E-state index < -0.39 is 12.0 Å². The van der Waals surface area contributed by atoms with Crippen molar-refractivity contribution in [1.29, 1.82) is 0 Å². The van der Waals surface area contributed by atoms with Crippen LogP contribution < -0.4 is 10.6 Å². The van der Waals surface area contributed by atoms with E-state index in [0.29, 0.717) is 50.0 Å². The molecule has 2 amide bonds. The van der Waals surface area contributed by atoms with Crippen molar-refractivity contribution in [1.82, 2.24) is 10.6 Å². The SMILES string of the molecule is C.CC.CC(C)(C)CC(=O)NC1CCC(C)(c2ccccc2)CC1.CC(C)(C)Cc1ccccc1.Cc1ccc(CCCC(=O)CCCC[C@H](NC(=O)CC(C)(C)C)C(=O)O)cc1. The van der Waals surface area contributed by atoms with Gasteiger partial charge in [-0.3, -0.25) is 14.4 Å². The summed E-state index contributed by atoms with van der Waals surface area (Å²) in [7, 11) is 0. The number of unbranched alkanes of at least 4 members (excludes halogenated alkanes) is 1. The third-order valence-electron chi connectivity index (χ3n) is 10.8. The lowest BCUT2D eigenvalue weighted by molar-refractivity contribution is -0.142. The maximum absolute atomic E-state index is 12.0. The van der Waals surface area contributed by atoms with Crippen LogP contribution in [-0.2, 0) is 37.4 Å². The second kappa shape index (κ2) is 29.2. The highest BCUT2D eigenvalue weighted by atomic mass is 16.4. The molecule has 7 heteroatoms. The van der Waals surface area contributed by atoms with Crippen LogP contribution in [0.2, 0.25) is 0 Å². The van der Waals surface area contributed by atoms with Gasteiger partial charge in [-0.1, -0.05) is 187 Å². The first-order valence-electron chi connectivity index (χ1n) is 23.4. The molecule has 3 aromatic carbocycles. The number of aliphatic carboxylic acids is 1. The van der Waals surface area contributed by atoms with Crippen molar-refractivity contribution in [3.05, 3.63) is 107 Å². The number of ketones is 1. The zero-order chi connectivity index (χ0) is 47.0. The van der Waals surface area contributed by atoms with Gasteiger partial charge in [0, 0.05) is 31.7 Å². The normalized spacial score (nSPS) is 16.4. The van der Waals surface area contributed by atoms with Gasteiger partial charge >= 0.3 is 5.97 Å². The number of nitrogens with one attached hydrogen (secondary N) is 2. The molecule has 0 unspecified atom stereocenters. The zero-order valence-electron chi connectivity index (χ0n) is 41.2. The standard InChI is InChI=1S/C23H35NO4.C19H29NO.C11H16.C2H6.CH4/c1-17-12-14-18(15-13-17)8-7-10-19(25)9-5-6-11-20(22(27)28)24-21(26)16-23(2,3)4;1-18(2,3)14-17(21)20-16-10-12-19(4,13-11-16)15-8-6-5-7-9-15;1-11(2,3)9-10-7-5-4-6-8-10;1-2;/h12-15,20H,5-11,16H2,1-4H3,(H,24,26)(H,27,28);5-9,16H,10-14H2,1-4H3,(H,20,21);4-8H,9H2,1-3H3;1-2H3;1H4/t20-;;;;/m0..../s1. The maximum Gasteiger partial charge on any atom is 0.326 e. The highest BCUT2D eigenvalue weighted by Gasteiger charge is 2.33. The molecule has 354 valence electrons. The molecule has 0 spiro atoms. The van der Waals surface area contributed by atoms with Gasteiger partial charge < -0.3 is 15.7 Å². The van der Waals surface area contributed by atoms with Crippen molar-refractivity contribution < 1.29 is 24.3 Å². The van der Waals surface area contributed by atoms with Crippen LogP contribution in [0.3, 0.4) is 0 Å². The van der Waals surface area contributed by atoms with Crippen molar-refractivity contribution in [2.24, 2.45) is 16.2 Å². The summed E-state index contributed by atoms with van der Waals surface area (Å²) in [6.07, 6.45) is 10.9. The van der Waals surface area contributed by atoms with Crippen LogP contribution in [0.25, 0.3) is 0 Å². The Labute approximate surface area is 385 Å². The van der Waals surface area contributed by atoms with Gasteiger partial charge in [-0.15, -0.1) is 0 Å². The number of rotatable bonds is 16. The quantitative estimate of drug-likeness (QED) is 0.124. The Morgan fingerprint density at radius 2 is 1.16 bits per heavy atom. The molecule has 0 aliphatic heterocycles. The van der Waals surface area contributed by atoms with E-state index in [-0.39, 0.29) is 47.7 Å². The second-order valence-electron chi connectivity index (χ2n) is 21.0.